The average molecular weight is 331 g/mol. The van der Waals surface area contributed by atoms with Gasteiger partial charge >= 0.3 is 0 Å². The summed E-state index contributed by atoms with van der Waals surface area (Å²) >= 11 is 1.70. The first-order valence-electron chi connectivity index (χ1n) is 7.51. The van der Waals surface area contributed by atoms with Crippen molar-refractivity contribution in [3.05, 3.63) is 16.1 Å². The lowest BCUT2D eigenvalue weighted by molar-refractivity contribution is 0.351. The summed E-state index contributed by atoms with van der Waals surface area (Å²) < 4.78 is 23.4. The molecule has 21 heavy (non-hydrogen) atoms. The SMILES string of the molecule is CNCC(Cc1nc(C(C)(C)C)cs1)C1CCS(=O)(=O)C1. The Hall–Kier alpha value is -0.460. The Morgan fingerprint density at radius 1 is 1.48 bits per heavy atom. The van der Waals surface area contributed by atoms with Crippen LogP contribution in [0.1, 0.15) is 37.9 Å². The summed E-state index contributed by atoms with van der Waals surface area (Å²) in [4.78, 5) is 4.75. The van der Waals surface area contributed by atoms with Crippen LogP contribution in [0.25, 0.3) is 0 Å². The van der Waals surface area contributed by atoms with Gasteiger partial charge in [-0.1, -0.05) is 20.8 Å². The normalized spacial score (nSPS) is 23.3. The Bertz CT molecular complexity index is 573. The maximum absolute atomic E-state index is 11.7. The van der Waals surface area contributed by atoms with Crippen LogP contribution < -0.4 is 5.32 Å². The molecular formula is C15H26N2O2S2. The highest BCUT2D eigenvalue weighted by Crippen LogP contribution is 2.30. The largest absolute Gasteiger partial charge is 0.319 e. The fourth-order valence-electron chi connectivity index (χ4n) is 2.84. The molecule has 0 spiro atoms. The summed E-state index contributed by atoms with van der Waals surface area (Å²) in [5.74, 6) is 1.32. The van der Waals surface area contributed by atoms with E-state index in [-0.39, 0.29) is 11.3 Å². The van der Waals surface area contributed by atoms with Gasteiger partial charge in [-0.15, -0.1) is 11.3 Å². The van der Waals surface area contributed by atoms with Crippen molar-refractivity contribution in [3.63, 3.8) is 0 Å². The Morgan fingerprint density at radius 3 is 2.67 bits per heavy atom. The predicted octanol–water partition coefficient (Wildman–Crippen LogP) is 2.25. The molecule has 2 atom stereocenters. The zero-order valence-electron chi connectivity index (χ0n) is 13.3. The molecule has 4 nitrogen and oxygen atoms in total. The number of aromatic nitrogens is 1. The zero-order chi connectivity index (χ0) is 15.7. The lowest BCUT2D eigenvalue weighted by Gasteiger charge is -2.21. The second kappa shape index (κ2) is 6.34. The second-order valence-electron chi connectivity index (χ2n) is 7.06. The third kappa shape index (κ3) is 4.50. The quantitative estimate of drug-likeness (QED) is 0.899. The number of sulfone groups is 1. The first-order chi connectivity index (χ1) is 9.71. The lowest BCUT2D eigenvalue weighted by Crippen LogP contribution is -2.28. The monoisotopic (exact) mass is 330 g/mol. The summed E-state index contributed by atoms with van der Waals surface area (Å²) in [6.07, 6.45) is 1.67. The molecule has 1 aliphatic rings. The number of hydrogen-bond donors (Lipinski definition) is 1. The topological polar surface area (TPSA) is 59.1 Å². The van der Waals surface area contributed by atoms with Gasteiger partial charge in [0, 0.05) is 17.2 Å². The first kappa shape index (κ1) is 16.9. The van der Waals surface area contributed by atoms with Crippen LogP contribution in [-0.4, -0.2) is 38.5 Å². The number of nitrogens with zero attached hydrogens (tertiary/aromatic N) is 1. The van der Waals surface area contributed by atoms with Crippen LogP contribution in [0.15, 0.2) is 5.38 Å². The molecule has 1 saturated heterocycles. The average Bonchev–Trinajstić information content (AvgIpc) is 2.94. The molecule has 1 N–H and O–H groups in total. The van der Waals surface area contributed by atoms with Gasteiger partial charge in [0.25, 0.3) is 0 Å². The van der Waals surface area contributed by atoms with Crippen LogP contribution in [0.3, 0.4) is 0 Å². The van der Waals surface area contributed by atoms with Crippen LogP contribution >= 0.6 is 11.3 Å². The number of rotatable bonds is 5. The molecule has 0 amide bonds. The summed E-state index contributed by atoms with van der Waals surface area (Å²) in [5, 5.41) is 6.48. The molecule has 1 fully saturated rings. The fourth-order valence-corrected chi connectivity index (χ4v) is 5.87. The van der Waals surface area contributed by atoms with Crippen molar-refractivity contribution in [2.24, 2.45) is 11.8 Å². The van der Waals surface area contributed by atoms with E-state index in [1.165, 1.54) is 0 Å². The minimum atomic E-state index is -2.81. The van der Waals surface area contributed by atoms with E-state index in [0.717, 1.165) is 30.1 Å². The van der Waals surface area contributed by atoms with Crippen LogP contribution in [0, 0.1) is 11.8 Å². The molecule has 2 heterocycles. The first-order valence-corrected chi connectivity index (χ1v) is 10.2. The van der Waals surface area contributed by atoms with Gasteiger partial charge in [0.1, 0.15) is 0 Å². The molecule has 0 bridgehead atoms. The number of thiazole rings is 1. The van der Waals surface area contributed by atoms with Crippen molar-refractivity contribution in [1.82, 2.24) is 10.3 Å². The van der Waals surface area contributed by atoms with Gasteiger partial charge in [-0.3, -0.25) is 0 Å². The molecule has 0 aromatic carbocycles. The van der Waals surface area contributed by atoms with Crippen LogP contribution in [0.2, 0.25) is 0 Å². The van der Waals surface area contributed by atoms with Crippen molar-refractivity contribution >= 4 is 21.2 Å². The van der Waals surface area contributed by atoms with Crippen LogP contribution in [0.4, 0.5) is 0 Å². The highest BCUT2D eigenvalue weighted by atomic mass is 32.2. The minimum Gasteiger partial charge on any atom is -0.319 e. The van der Waals surface area contributed by atoms with Crippen molar-refractivity contribution in [2.45, 2.75) is 39.0 Å². The lowest BCUT2D eigenvalue weighted by atomic mass is 9.89. The van der Waals surface area contributed by atoms with Crippen LogP contribution in [0.5, 0.6) is 0 Å². The molecule has 1 aromatic heterocycles. The van der Waals surface area contributed by atoms with Crippen molar-refractivity contribution < 1.29 is 8.42 Å². The predicted molar refractivity (Wildman–Crippen MR) is 88.7 cm³/mol. The van der Waals surface area contributed by atoms with E-state index >= 15 is 0 Å². The summed E-state index contributed by atoms with van der Waals surface area (Å²) in [5.41, 5.74) is 1.20. The van der Waals surface area contributed by atoms with Gasteiger partial charge in [-0.05, 0) is 31.8 Å². The molecule has 0 saturated carbocycles. The van der Waals surface area contributed by atoms with E-state index in [9.17, 15) is 8.42 Å². The molecule has 2 rings (SSSR count). The van der Waals surface area contributed by atoms with Gasteiger partial charge < -0.3 is 5.32 Å². The Kier molecular flexibility index (Phi) is 5.11. The smallest absolute Gasteiger partial charge is 0.150 e. The van der Waals surface area contributed by atoms with E-state index in [1.54, 1.807) is 11.3 Å². The van der Waals surface area contributed by atoms with Gasteiger partial charge in [0.2, 0.25) is 0 Å². The molecule has 120 valence electrons. The van der Waals surface area contributed by atoms with Crippen molar-refractivity contribution in [2.75, 3.05) is 25.1 Å². The molecule has 0 radical (unpaired) electrons. The maximum Gasteiger partial charge on any atom is 0.150 e. The highest BCUT2D eigenvalue weighted by molar-refractivity contribution is 7.91. The molecule has 2 unspecified atom stereocenters. The van der Waals surface area contributed by atoms with Gasteiger partial charge in [-0.25, -0.2) is 13.4 Å². The molecule has 0 aliphatic carbocycles. The van der Waals surface area contributed by atoms with E-state index in [4.69, 9.17) is 4.98 Å². The van der Waals surface area contributed by atoms with Gasteiger partial charge in [0.15, 0.2) is 9.84 Å². The van der Waals surface area contributed by atoms with Gasteiger partial charge in [0.05, 0.1) is 22.2 Å². The maximum atomic E-state index is 11.7. The second-order valence-corrected chi connectivity index (χ2v) is 10.2. The van der Waals surface area contributed by atoms with E-state index in [0.29, 0.717) is 17.4 Å². The molecule has 1 aromatic rings. The minimum absolute atomic E-state index is 0.0734. The zero-order valence-corrected chi connectivity index (χ0v) is 15.0. The van der Waals surface area contributed by atoms with Crippen LogP contribution in [-0.2, 0) is 21.7 Å². The fraction of sp³-hybridized carbons (Fsp3) is 0.800. The van der Waals surface area contributed by atoms with E-state index in [2.05, 4.69) is 31.5 Å². The third-order valence-corrected chi connectivity index (χ3v) is 6.82. The summed E-state index contributed by atoms with van der Waals surface area (Å²) in [6, 6.07) is 0. The third-order valence-electron chi connectivity index (χ3n) is 4.16. The number of nitrogens with one attached hydrogen (secondary N) is 1. The molecule has 6 heteroatoms. The summed E-state index contributed by atoms with van der Waals surface area (Å²) in [6.45, 7) is 7.35. The van der Waals surface area contributed by atoms with E-state index < -0.39 is 9.84 Å². The standard InChI is InChI=1S/C15H26N2O2S2/c1-15(2,3)13-9-20-14(17-13)7-12(8-16-4)11-5-6-21(18,19)10-11/h9,11-12,16H,5-8,10H2,1-4H3. The molecular weight excluding hydrogens is 304 g/mol. The number of hydrogen-bond acceptors (Lipinski definition) is 5. The summed E-state index contributed by atoms with van der Waals surface area (Å²) in [7, 11) is -0.884. The van der Waals surface area contributed by atoms with Gasteiger partial charge in [-0.2, -0.15) is 0 Å². The Labute approximate surface area is 132 Å². The van der Waals surface area contributed by atoms with Crippen molar-refractivity contribution in [3.8, 4) is 0 Å². The highest BCUT2D eigenvalue weighted by Gasteiger charge is 2.34. The Morgan fingerprint density at radius 2 is 2.19 bits per heavy atom. The molecule has 1 aliphatic heterocycles. The van der Waals surface area contributed by atoms with Crippen molar-refractivity contribution in [1.29, 1.82) is 0 Å². The Balaban J connectivity index is 2.08. The van der Waals surface area contributed by atoms with E-state index in [1.807, 2.05) is 7.05 Å².